The third-order valence-electron chi connectivity index (χ3n) is 3.50. The molecular formula is C15H12FN3OS. The van der Waals surface area contributed by atoms with Crippen LogP contribution in [0, 0.1) is 17.1 Å². The Balaban J connectivity index is 1.92. The molecule has 1 heterocycles. The van der Waals surface area contributed by atoms with Crippen molar-refractivity contribution in [2.75, 3.05) is 11.1 Å². The number of carbonyl (C=O) groups is 1. The Morgan fingerprint density at radius 3 is 3.00 bits per heavy atom. The molecular weight excluding hydrogens is 289 g/mol. The first-order chi connectivity index (χ1) is 10.1. The third kappa shape index (κ3) is 2.36. The zero-order chi connectivity index (χ0) is 15.0. The fourth-order valence-electron chi connectivity index (χ4n) is 2.50. The van der Waals surface area contributed by atoms with Crippen LogP contribution in [0.15, 0.2) is 18.2 Å². The minimum atomic E-state index is -0.635. The molecule has 1 aliphatic carbocycles. The summed E-state index contributed by atoms with van der Waals surface area (Å²) in [7, 11) is 0. The van der Waals surface area contributed by atoms with Gasteiger partial charge in [0, 0.05) is 10.6 Å². The highest BCUT2D eigenvalue weighted by Crippen LogP contribution is 2.38. The summed E-state index contributed by atoms with van der Waals surface area (Å²) >= 11 is 1.40. The number of aryl methyl sites for hydroxylation is 1. The number of nitrogens with one attached hydrogen (secondary N) is 1. The van der Waals surface area contributed by atoms with Gasteiger partial charge < -0.3 is 11.1 Å². The molecule has 0 unspecified atom stereocenters. The Kier molecular flexibility index (Phi) is 3.35. The monoisotopic (exact) mass is 301 g/mol. The molecule has 0 radical (unpaired) electrons. The van der Waals surface area contributed by atoms with E-state index in [4.69, 9.17) is 5.73 Å². The predicted octanol–water partition coefficient (Wildman–Crippen LogP) is 3.08. The van der Waals surface area contributed by atoms with Crippen molar-refractivity contribution in [2.24, 2.45) is 0 Å². The average molecular weight is 301 g/mol. The van der Waals surface area contributed by atoms with Gasteiger partial charge in [-0.25, -0.2) is 4.39 Å². The summed E-state index contributed by atoms with van der Waals surface area (Å²) in [6.45, 7) is 0. The predicted molar refractivity (Wildman–Crippen MR) is 79.8 cm³/mol. The molecule has 1 amide bonds. The molecule has 1 aromatic heterocycles. The van der Waals surface area contributed by atoms with Gasteiger partial charge in [-0.15, -0.1) is 11.3 Å². The van der Waals surface area contributed by atoms with Crippen LogP contribution in [0.2, 0.25) is 0 Å². The summed E-state index contributed by atoms with van der Waals surface area (Å²) in [5.74, 6) is -1.22. The Labute approximate surface area is 125 Å². The molecule has 2 aromatic rings. The van der Waals surface area contributed by atoms with Crippen LogP contribution in [-0.2, 0) is 12.8 Å². The summed E-state index contributed by atoms with van der Waals surface area (Å²) in [5, 5.41) is 12.4. The van der Waals surface area contributed by atoms with Crippen LogP contribution in [0.5, 0.6) is 0 Å². The fourth-order valence-corrected chi connectivity index (χ4v) is 3.73. The Hall–Kier alpha value is -2.39. The van der Waals surface area contributed by atoms with Crippen molar-refractivity contribution in [3.05, 3.63) is 45.6 Å². The van der Waals surface area contributed by atoms with E-state index in [1.54, 1.807) is 0 Å². The largest absolute Gasteiger partial charge is 0.399 e. The maximum absolute atomic E-state index is 13.7. The number of fused-ring (bicyclic) bond motifs is 1. The minimum absolute atomic E-state index is 0.118. The van der Waals surface area contributed by atoms with Crippen LogP contribution >= 0.6 is 11.3 Å². The number of nitriles is 1. The van der Waals surface area contributed by atoms with Crippen molar-refractivity contribution in [1.82, 2.24) is 0 Å². The van der Waals surface area contributed by atoms with Crippen molar-refractivity contribution < 1.29 is 9.18 Å². The van der Waals surface area contributed by atoms with Crippen LogP contribution in [0.25, 0.3) is 0 Å². The summed E-state index contributed by atoms with van der Waals surface area (Å²) in [4.78, 5) is 13.3. The van der Waals surface area contributed by atoms with Gasteiger partial charge in [0.15, 0.2) is 0 Å². The topological polar surface area (TPSA) is 78.9 Å². The van der Waals surface area contributed by atoms with Crippen LogP contribution < -0.4 is 11.1 Å². The van der Waals surface area contributed by atoms with Crippen molar-refractivity contribution in [3.8, 4) is 6.07 Å². The molecule has 0 saturated carbocycles. The van der Waals surface area contributed by atoms with E-state index in [0.29, 0.717) is 16.3 Å². The second-order valence-corrected chi connectivity index (χ2v) is 5.97. The molecule has 1 aliphatic rings. The molecule has 0 spiro atoms. The zero-order valence-corrected chi connectivity index (χ0v) is 11.9. The molecule has 3 rings (SSSR count). The molecule has 0 aliphatic heterocycles. The number of carbonyl (C=O) groups excluding carboxylic acids is 1. The SMILES string of the molecule is N#Cc1c(NC(=O)c2cc(N)ccc2F)sc2c1CCC2. The molecule has 0 fully saturated rings. The van der Waals surface area contributed by atoms with Crippen molar-refractivity contribution >= 4 is 27.9 Å². The van der Waals surface area contributed by atoms with Crippen LogP contribution in [0.1, 0.15) is 32.8 Å². The fraction of sp³-hybridized carbons (Fsp3) is 0.200. The minimum Gasteiger partial charge on any atom is -0.399 e. The van der Waals surface area contributed by atoms with E-state index in [0.717, 1.165) is 35.8 Å². The van der Waals surface area contributed by atoms with Gasteiger partial charge in [-0.2, -0.15) is 5.26 Å². The second-order valence-electron chi connectivity index (χ2n) is 4.87. The second kappa shape index (κ2) is 5.19. The van der Waals surface area contributed by atoms with Crippen LogP contribution in [-0.4, -0.2) is 5.91 Å². The Bertz CT molecular complexity index is 776. The Morgan fingerprint density at radius 1 is 1.43 bits per heavy atom. The van der Waals surface area contributed by atoms with Gasteiger partial charge in [-0.05, 0) is 43.0 Å². The lowest BCUT2D eigenvalue weighted by molar-refractivity contribution is 0.102. The standard InChI is InChI=1S/C15H12FN3OS/c16-12-5-4-8(18)6-10(12)14(20)19-15-11(7-17)9-2-1-3-13(9)21-15/h4-6H,1-3,18H2,(H,19,20). The number of nitrogens with zero attached hydrogens (tertiary/aromatic N) is 1. The molecule has 3 N–H and O–H groups in total. The molecule has 4 nitrogen and oxygen atoms in total. The number of thiophene rings is 1. The van der Waals surface area contributed by atoms with Gasteiger partial charge in [0.1, 0.15) is 16.9 Å². The lowest BCUT2D eigenvalue weighted by atomic mass is 10.1. The Morgan fingerprint density at radius 2 is 2.24 bits per heavy atom. The van der Waals surface area contributed by atoms with E-state index in [2.05, 4.69) is 11.4 Å². The number of anilines is 2. The highest BCUT2D eigenvalue weighted by molar-refractivity contribution is 7.16. The summed E-state index contributed by atoms with van der Waals surface area (Å²) < 4.78 is 13.7. The normalized spacial score (nSPS) is 12.8. The summed E-state index contributed by atoms with van der Waals surface area (Å²) in [6, 6.07) is 5.98. The molecule has 21 heavy (non-hydrogen) atoms. The molecule has 0 bridgehead atoms. The molecule has 6 heteroatoms. The smallest absolute Gasteiger partial charge is 0.259 e. The van der Waals surface area contributed by atoms with E-state index in [9.17, 15) is 14.4 Å². The lowest BCUT2D eigenvalue weighted by Gasteiger charge is -2.06. The highest BCUT2D eigenvalue weighted by Gasteiger charge is 2.24. The molecule has 1 aromatic carbocycles. The maximum Gasteiger partial charge on any atom is 0.259 e. The number of hydrogen-bond donors (Lipinski definition) is 2. The number of halogens is 1. The van der Waals surface area contributed by atoms with E-state index in [-0.39, 0.29) is 5.56 Å². The van der Waals surface area contributed by atoms with Gasteiger partial charge in [0.2, 0.25) is 0 Å². The number of benzene rings is 1. The summed E-state index contributed by atoms with van der Waals surface area (Å²) in [5.41, 5.74) is 7.30. The van der Waals surface area contributed by atoms with Crippen molar-refractivity contribution in [3.63, 3.8) is 0 Å². The summed E-state index contributed by atoms with van der Waals surface area (Å²) in [6.07, 6.45) is 2.82. The number of amides is 1. The molecule has 0 atom stereocenters. The van der Waals surface area contributed by atoms with Gasteiger partial charge in [0.25, 0.3) is 5.91 Å². The van der Waals surface area contributed by atoms with Crippen molar-refractivity contribution in [2.45, 2.75) is 19.3 Å². The molecule has 0 saturated heterocycles. The van der Waals surface area contributed by atoms with E-state index < -0.39 is 11.7 Å². The van der Waals surface area contributed by atoms with Crippen LogP contribution in [0.4, 0.5) is 15.1 Å². The quantitative estimate of drug-likeness (QED) is 0.837. The van der Waals surface area contributed by atoms with Gasteiger partial charge in [0.05, 0.1) is 11.1 Å². The first kappa shape index (κ1) is 13.6. The van der Waals surface area contributed by atoms with Gasteiger partial charge in [-0.3, -0.25) is 4.79 Å². The lowest BCUT2D eigenvalue weighted by Crippen LogP contribution is -2.14. The number of nitrogen functional groups attached to an aromatic ring is 1. The van der Waals surface area contributed by atoms with Gasteiger partial charge in [-0.1, -0.05) is 0 Å². The number of rotatable bonds is 2. The van der Waals surface area contributed by atoms with E-state index >= 15 is 0 Å². The average Bonchev–Trinajstić information content (AvgIpc) is 3.01. The highest BCUT2D eigenvalue weighted by atomic mass is 32.1. The first-order valence-electron chi connectivity index (χ1n) is 6.51. The molecule has 106 valence electrons. The van der Waals surface area contributed by atoms with Crippen LogP contribution in [0.3, 0.4) is 0 Å². The van der Waals surface area contributed by atoms with E-state index in [1.807, 2.05) is 0 Å². The number of hydrogen-bond acceptors (Lipinski definition) is 4. The van der Waals surface area contributed by atoms with Crippen molar-refractivity contribution in [1.29, 1.82) is 5.26 Å². The van der Waals surface area contributed by atoms with E-state index in [1.165, 1.54) is 23.5 Å². The zero-order valence-electron chi connectivity index (χ0n) is 11.1. The van der Waals surface area contributed by atoms with Gasteiger partial charge >= 0.3 is 0 Å². The number of nitrogens with two attached hydrogens (primary N) is 1. The first-order valence-corrected chi connectivity index (χ1v) is 7.33. The maximum atomic E-state index is 13.7. The third-order valence-corrected chi connectivity index (χ3v) is 4.70.